The molecule has 1 N–H and O–H groups in total. The average Bonchev–Trinajstić information content (AvgIpc) is 2.44. The van der Waals surface area contributed by atoms with Crippen molar-refractivity contribution in [3.8, 4) is 0 Å². The highest BCUT2D eigenvalue weighted by molar-refractivity contribution is 5.85. The normalized spacial score (nSPS) is 36.5. The molecule has 0 aliphatic carbocycles. The predicted molar refractivity (Wildman–Crippen MR) is 51.9 cm³/mol. The zero-order chi connectivity index (χ0) is 8.55. The highest BCUT2D eigenvalue weighted by atomic mass is 35.5. The monoisotopic (exact) mass is 205 g/mol. The Morgan fingerprint density at radius 3 is 2.31 bits per heavy atom. The van der Waals surface area contributed by atoms with Crippen LogP contribution in [-0.4, -0.2) is 25.2 Å². The smallest absolute Gasteiger partial charge is 0.308 e. The minimum absolute atomic E-state index is 0. The number of carbonyl (C=O) groups is 1. The average molecular weight is 206 g/mol. The van der Waals surface area contributed by atoms with E-state index in [1.165, 1.54) is 20.0 Å². The van der Waals surface area contributed by atoms with E-state index in [0.29, 0.717) is 12.1 Å². The molecular formula is C9H16ClNO2. The van der Waals surface area contributed by atoms with Crippen molar-refractivity contribution in [3.05, 3.63) is 0 Å². The van der Waals surface area contributed by atoms with Crippen molar-refractivity contribution < 1.29 is 9.53 Å². The van der Waals surface area contributed by atoms with Gasteiger partial charge in [-0.05, 0) is 25.7 Å². The first-order chi connectivity index (χ1) is 5.79. The van der Waals surface area contributed by atoms with Gasteiger partial charge in [-0.15, -0.1) is 12.4 Å². The third-order valence-electron chi connectivity index (χ3n) is 3.01. The van der Waals surface area contributed by atoms with Crippen molar-refractivity contribution in [2.45, 2.75) is 37.8 Å². The molecule has 3 nitrogen and oxygen atoms in total. The third kappa shape index (κ3) is 2.15. The highest BCUT2D eigenvalue weighted by Crippen LogP contribution is 2.31. The Hall–Kier alpha value is -0.280. The summed E-state index contributed by atoms with van der Waals surface area (Å²) in [7, 11) is 1.48. The van der Waals surface area contributed by atoms with E-state index in [4.69, 9.17) is 4.74 Å². The zero-order valence-corrected chi connectivity index (χ0v) is 8.60. The summed E-state index contributed by atoms with van der Waals surface area (Å²) in [5, 5.41) is 3.49. The lowest BCUT2D eigenvalue weighted by atomic mass is 9.93. The third-order valence-corrected chi connectivity index (χ3v) is 3.01. The van der Waals surface area contributed by atoms with Crippen LogP contribution in [0.3, 0.4) is 0 Å². The van der Waals surface area contributed by atoms with Crippen LogP contribution in [0.15, 0.2) is 0 Å². The molecule has 0 aromatic heterocycles. The van der Waals surface area contributed by atoms with Crippen molar-refractivity contribution in [3.63, 3.8) is 0 Å². The Labute approximate surface area is 84.6 Å². The van der Waals surface area contributed by atoms with Crippen molar-refractivity contribution in [1.82, 2.24) is 5.32 Å². The lowest BCUT2D eigenvalue weighted by Crippen LogP contribution is -2.40. The summed E-state index contributed by atoms with van der Waals surface area (Å²) in [5.74, 6) is 0.141. The van der Waals surface area contributed by atoms with E-state index in [2.05, 4.69) is 5.32 Å². The van der Waals surface area contributed by atoms with E-state index in [1.807, 2.05) is 0 Å². The number of esters is 1. The predicted octanol–water partition coefficient (Wildman–Crippen LogP) is 1.11. The molecule has 4 heteroatoms. The standard InChI is InChI=1S/C9H15NO2.ClH/c1-12-9(11)6-4-7-2-3-8(5-6)10-7;/h6-8,10H,2-5H2,1H3;1H. The second kappa shape index (κ2) is 4.29. The number of methoxy groups -OCH3 is 1. The van der Waals surface area contributed by atoms with Gasteiger partial charge in [0.2, 0.25) is 0 Å². The number of hydrogen-bond donors (Lipinski definition) is 1. The molecule has 2 aliphatic heterocycles. The number of halogens is 1. The van der Waals surface area contributed by atoms with Crippen molar-refractivity contribution in [2.24, 2.45) is 5.92 Å². The molecule has 0 aromatic carbocycles. The first-order valence-electron chi connectivity index (χ1n) is 4.63. The second-order valence-electron chi connectivity index (χ2n) is 3.83. The lowest BCUT2D eigenvalue weighted by molar-refractivity contribution is -0.146. The van der Waals surface area contributed by atoms with E-state index < -0.39 is 0 Å². The van der Waals surface area contributed by atoms with Gasteiger partial charge in [0.25, 0.3) is 0 Å². The van der Waals surface area contributed by atoms with Crippen molar-refractivity contribution in [2.75, 3.05) is 7.11 Å². The molecule has 2 fully saturated rings. The minimum Gasteiger partial charge on any atom is -0.469 e. The largest absolute Gasteiger partial charge is 0.469 e. The van der Waals surface area contributed by atoms with Crippen LogP contribution in [0.2, 0.25) is 0 Å². The molecule has 13 heavy (non-hydrogen) atoms. The van der Waals surface area contributed by atoms with E-state index in [0.717, 1.165) is 12.8 Å². The van der Waals surface area contributed by atoms with Gasteiger partial charge in [-0.1, -0.05) is 0 Å². The number of fused-ring (bicyclic) bond motifs is 2. The molecular weight excluding hydrogens is 190 g/mol. The maximum atomic E-state index is 11.2. The molecule has 0 radical (unpaired) electrons. The summed E-state index contributed by atoms with van der Waals surface area (Å²) in [6.45, 7) is 0. The van der Waals surface area contributed by atoms with Crippen LogP contribution < -0.4 is 5.32 Å². The fourth-order valence-electron chi connectivity index (χ4n) is 2.42. The summed E-state index contributed by atoms with van der Waals surface area (Å²) in [6, 6.07) is 1.15. The van der Waals surface area contributed by atoms with Crippen LogP contribution in [0.1, 0.15) is 25.7 Å². The van der Waals surface area contributed by atoms with Gasteiger partial charge in [0.05, 0.1) is 13.0 Å². The summed E-state index contributed by atoms with van der Waals surface area (Å²) >= 11 is 0. The molecule has 0 aromatic rings. The molecule has 0 amide bonds. The summed E-state index contributed by atoms with van der Waals surface area (Å²) < 4.78 is 4.75. The van der Waals surface area contributed by atoms with Crippen LogP contribution in [0.4, 0.5) is 0 Å². The van der Waals surface area contributed by atoms with Crippen LogP contribution in [0.25, 0.3) is 0 Å². The summed E-state index contributed by atoms with van der Waals surface area (Å²) in [6.07, 6.45) is 4.42. The molecule has 0 spiro atoms. The highest BCUT2D eigenvalue weighted by Gasteiger charge is 2.36. The van der Waals surface area contributed by atoms with E-state index >= 15 is 0 Å². The van der Waals surface area contributed by atoms with Gasteiger partial charge in [-0.25, -0.2) is 0 Å². The van der Waals surface area contributed by atoms with Crippen LogP contribution in [-0.2, 0) is 9.53 Å². The number of rotatable bonds is 1. The molecule has 2 rings (SSSR count). The quantitative estimate of drug-likeness (QED) is 0.652. The van der Waals surface area contributed by atoms with E-state index in [9.17, 15) is 4.79 Å². The van der Waals surface area contributed by atoms with Gasteiger partial charge in [-0.2, -0.15) is 0 Å². The first kappa shape index (κ1) is 10.8. The first-order valence-corrected chi connectivity index (χ1v) is 4.63. The Kier molecular flexibility index (Phi) is 3.56. The Bertz CT molecular complexity index is 186. The number of ether oxygens (including phenoxy) is 1. The maximum Gasteiger partial charge on any atom is 0.308 e. The van der Waals surface area contributed by atoms with Crippen molar-refractivity contribution >= 4 is 18.4 Å². The number of piperidine rings is 1. The van der Waals surface area contributed by atoms with Crippen LogP contribution in [0.5, 0.6) is 0 Å². The Balaban J connectivity index is 0.000000845. The molecule has 2 heterocycles. The van der Waals surface area contributed by atoms with Gasteiger partial charge in [0.1, 0.15) is 0 Å². The van der Waals surface area contributed by atoms with E-state index in [1.54, 1.807) is 0 Å². The van der Waals surface area contributed by atoms with Gasteiger partial charge >= 0.3 is 5.97 Å². The van der Waals surface area contributed by atoms with Gasteiger partial charge in [0.15, 0.2) is 0 Å². The summed E-state index contributed by atoms with van der Waals surface area (Å²) in [5.41, 5.74) is 0. The zero-order valence-electron chi connectivity index (χ0n) is 7.79. The molecule has 2 aliphatic rings. The van der Waals surface area contributed by atoms with E-state index in [-0.39, 0.29) is 24.3 Å². The minimum atomic E-state index is -0.0200. The summed E-state index contributed by atoms with van der Waals surface area (Å²) in [4.78, 5) is 11.2. The second-order valence-corrected chi connectivity index (χ2v) is 3.83. The van der Waals surface area contributed by atoms with Crippen LogP contribution in [0, 0.1) is 5.92 Å². The molecule has 2 unspecified atom stereocenters. The number of nitrogens with one attached hydrogen (secondary N) is 1. The van der Waals surface area contributed by atoms with Gasteiger partial charge in [0, 0.05) is 12.1 Å². The molecule has 2 saturated heterocycles. The fourth-order valence-corrected chi connectivity index (χ4v) is 2.42. The van der Waals surface area contributed by atoms with Gasteiger partial charge < -0.3 is 10.1 Å². The molecule has 2 atom stereocenters. The maximum absolute atomic E-state index is 11.2. The Morgan fingerprint density at radius 1 is 1.31 bits per heavy atom. The molecule has 76 valence electrons. The molecule has 2 bridgehead atoms. The van der Waals surface area contributed by atoms with Crippen LogP contribution >= 0.6 is 12.4 Å². The lowest BCUT2D eigenvalue weighted by Gasteiger charge is -2.26. The number of hydrogen-bond acceptors (Lipinski definition) is 3. The SMILES string of the molecule is COC(=O)C1CC2CCC(C1)N2.Cl. The fraction of sp³-hybridized carbons (Fsp3) is 0.889. The molecule has 0 saturated carbocycles. The van der Waals surface area contributed by atoms with Gasteiger partial charge in [-0.3, -0.25) is 4.79 Å². The van der Waals surface area contributed by atoms with Crippen molar-refractivity contribution in [1.29, 1.82) is 0 Å². The topological polar surface area (TPSA) is 38.3 Å². The number of carbonyl (C=O) groups excluding carboxylic acids is 1. The Morgan fingerprint density at radius 2 is 1.85 bits per heavy atom.